The number of nitrogens with zero attached hydrogens (tertiary/aromatic N) is 2. The first-order valence-electron chi connectivity index (χ1n) is 5.53. The summed E-state index contributed by atoms with van der Waals surface area (Å²) in [6, 6.07) is 1.95. The monoisotopic (exact) mass is 220 g/mol. The second kappa shape index (κ2) is 4.12. The third-order valence-electron chi connectivity index (χ3n) is 3.12. The first-order valence-corrected chi connectivity index (χ1v) is 5.53. The van der Waals surface area contributed by atoms with Gasteiger partial charge < -0.3 is 10.0 Å². The van der Waals surface area contributed by atoms with E-state index in [9.17, 15) is 4.79 Å². The quantitative estimate of drug-likeness (QED) is 0.828. The SMILES string of the molecule is CC1CC(C)N(c2cnccc2C(=O)O)C1. The molecule has 4 nitrogen and oxygen atoms in total. The maximum absolute atomic E-state index is 11.1. The largest absolute Gasteiger partial charge is 0.478 e. The van der Waals surface area contributed by atoms with Crippen LogP contribution in [-0.2, 0) is 0 Å². The molecule has 4 heteroatoms. The lowest BCUT2D eigenvalue weighted by atomic mass is 10.1. The molecule has 2 rings (SSSR count). The summed E-state index contributed by atoms with van der Waals surface area (Å²) in [6.07, 6.45) is 4.28. The summed E-state index contributed by atoms with van der Waals surface area (Å²) in [4.78, 5) is 17.3. The summed E-state index contributed by atoms with van der Waals surface area (Å²) in [5, 5.41) is 9.12. The van der Waals surface area contributed by atoms with E-state index in [1.807, 2.05) is 0 Å². The number of rotatable bonds is 2. The molecule has 1 aromatic rings. The highest BCUT2D eigenvalue weighted by Gasteiger charge is 2.28. The van der Waals surface area contributed by atoms with Gasteiger partial charge in [0.15, 0.2) is 0 Å². The number of anilines is 1. The number of hydrogen-bond acceptors (Lipinski definition) is 3. The van der Waals surface area contributed by atoms with Gasteiger partial charge in [-0.25, -0.2) is 4.79 Å². The summed E-state index contributed by atoms with van der Waals surface area (Å²) < 4.78 is 0. The molecule has 16 heavy (non-hydrogen) atoms. The fourth-order valence-corrected chi connectivity index (χ4v) is 2.43. The summed E-state index contributed by atoms with van der Waals surface area (Å²) in [6.45, 7) is 5.22. The van der Waals surface area contributed by atoms with Gasteiger partial charge in [-0.3, -0.25) is 4.98 Å². The molecule has 1 fully saturated rings. The van der Waals surface area contributed by atoms with Crippen molar-refractivity contribution in [1.82, 2.24) is 4.98 Å². The van der Waals surface area contributed by atoms with Gasteiger partial charge in [0.25, 0.3) is 0 Å². The lowest BCUT2D eigenvalue weighted by molar-refractivity contribution is 0.0697. The van der Waals surface area contributed by atoms with Crippen molar-refractivity contribution in [2.75, 3.05) is 11.4 Å². The van der Waals surface area contributed by atoms with E-state index in [-0.39, 0.29) is 0 Å². The first kappa shape index (κ1) is 10.9. The van der Waals surface area contributed by atoms with Gasteiger partial charge in [-0.05, 0) is 25.3 Å². The zero-order valence-corrected chi connectivity index (χ0v) is 9.55. The van der Waals surface area contributed by atoms with Crippen LogP contribution in [0.5, 0.6) is 0 Å². The Bertz CT molecular complexity index is 406. The second-order valence-electron chi connectivity index (χ2n) is 4.54. The van der Waals surface area contributed by atoms with E-state index < -0.39 is 5.97 Å². The van der Waals surface area contributed by atoms with Gasteiger partial charge in [-0.2, -0.15) is 0 Å². The van der Waals surface area contributed by atoms with E-state index in [2.05, 4.69) is 23.7 Å². The van der Waals surface area contributed by atoms with Gasteiger partial charge in [-0.15, -0.1) is 0 Å². The molecule has 1 aliphatic heterocycles. The molecule has 86 valence electrons. The van der Waals surface area contributed by atoms with Crippen LogP contribution in [0.3, 0.4) is 0 Å². The molecule has 0 spiro atoms. The summed E-state index contributed by atoms with van der Waals surface area (Å²) in [7, 11) is 0. The molecule has 2 unspecified atom stereocenters. The number of carbonyl (C=O) groups is 1. The van der Waals surface area contributed by atoms with Crippen molar-refractivity contribution in [2.24, 2.45) is 5.92 Å². The number of carboxylic acids is 1. The Kier molecular flexibility index (Phi) is 2.81. The van der Waals surface area contributed by atoms with Crippen LogP contribution in [0, 0.1) is 5.92 Å². The van der Waals surface area contributed by atoms with E-state index in [0.717, 1.165) is 18.7 Å². The van der Waals surface area contributed by atoms with Crippen LogP contribution < -0.4 is 4.90 Å². The first-order chi connectivity index (χ1) is 7.59. The molecule has 2 heterocycles. The third kappa shape index (κ3) is 1.87. The van der Waals surface area contributed by atoms with E-state index in [1.54, 1.807) is 12.3 Å². The second-order valence-corrected chi connectivity index (χ2v) is 4.54. The van der Waals surface area contributed by atoms with Gasteiger partial charge in [0.05, 0.1) is 17.4 Å². The van der Waals surface area contributed by atoms with Gasteiger partial charge >= 0.3 is 5.97 Å². The Morgan fingerprint density at radius 1 is 1.56 bits per heavy atom. The molecule has 0 aromatic carbocycles. The van der Waals surface area contributed by atoms with Gasteiger partial charge in [0.2, 0.25) is 0 Å². The van der Waals surface area contributed by atoms with Crippen LogP contribution in [0.4, 0.5) is 5.69 Å². The molecule has 0 aliphatic carbocycles. The Balaban J connectivity index is 2.36. The molecule has 2 atom stereocenters. The Hall–Kier alpha value is -1.58. The minimum absolute atomic E-state index is 0.343. The third-order valence-corrected chi connectivity index (χ3v) is 3.12. The number of hydrogen-bond donors (Lipinski definition) is 1. The zero-order valence-electron chi connectivity index (χ0n) is 9.55. The predicted octanol–water partition coefficient (Wildman–Crippen LogP) is 2.01. The number of aromatic nitrogens is 1. The smallest absolute Gasteiger partial charge is 0.337 e. The predicted molar refractivity (Wildman–Crippen MR) is 61.8 cm³/mol. The van der Waals surface area contributed by atoms with Crippen molar-refractivity contribution in [3.8, 4) is 0 Å². The van der Waals surface area contributed by atoms with E-state index in [4.69, 9.17) is 5.11 Å². The summed E-state index contributed by atoms with van der Waals surface area (Å²) >= 11 is 0. The summed E-state index contributed by atoms with van der Waals surface area (Å²) in [5.41, 5.74) is 1.09. The van der Waals surface area contributed by atoms with Crippen molar-refractivity contribution in [3.05, 3.63) is 24.0 Å². The molecule has 1 saturated heterocycles. The molecular weight excluding hydrogens is 204 g/mol. The Labute approximate surface area is 94.9 Å². The molecule has 0 saturated carbocycles. The number of carboxylic acid groups (broad SMARTS) is 1. The van der Waals surface area contributed by atoms with Crippen molar-refractivity contribution >= 4 is 11.7 Å². The molecule has 1 aromatic heterocycles. The molecule has 0 radical (unpaired) electrons. The highest BCUT2D eigenvalue weighted by Crippen LogP contribution is 2.30. The van der Waals surface area contributed by atoms with Crippen molar-refractivity contribution in [2.45, 2.75) is 26.3 Å². The molecule has 1 N–H and O–H groups in total. The lowest BCUT2D eigenvalue weighted by Gasteiger charge is -2.24. The van der Waals surface area contributed by atoms with E-state index in [1.165, 1.54) is 6.20 Å². The minimum Gasteiger partial charge on any atom is -0.478 e. The Morgan fingerprint density at radius 2 is 2.31 bits per heavy atom. The van der Waals surface area contributed by atoms with Crippen LogP contribution in [0.15, 0.2) is 18.5 Å². The van der Waals surface area contributed by atoms with Crippen LogP contribution in [0.25, 0.3) is 0 Å². The van der Waals surface area contributed by atoms with Crippen LogP contribution in [0.1, 0.15) is 30.6 Å². The minimum atomic E-state index is -0.885. The zero-order chi connectivity index (χ0) is 11.7. The Morgan fingerprint density at radius 3 is 2.88 bits per heavy atom. The van der Waals surface area contributed by atoms with Crippen LogP contribution in [0.2, 0.25) is 0 Å². The molecule has 1 aliphatic rings. The van der Waals surface area contributed by atoms with Gasteiger partial charge in [0, 0.05) is 18.8 Å². The highest BCUT2D eigenvalue weighted by atomic mass is 16.4. The molecular formula is C12H16N2O2. The van der Waals surface area contributed by atoms with Crippen LogP contribution in [-0.4, -0.2) is 28.6 Å². The van der Waals surface area contributed by atoms with Crippen molar-refractivity contribution < 1.29 is 9.90 Å². The van der Waals surface area contributed by atoms with Crippen molar-refractivity contribution in [1.29, 1.82) is 0 Å². The molecule has 0 amide bonds. The topological polar surface area (TPSA) is 53.4 Å². The molecule has 0 bridgehead atoms. The fourth-order valence-electron chi connectivity index (χ4n) is 2.43. The fraction of sp³-hybridized carbons (Fsp3) is 0.500. The normalized spacial score (nSPS) is 24.8. The van der Waals surface area contributed by atoms with Gasteiger partial charge in [-0.1, -0.05) is 6.92 Å². The standard InChI is InChI=1S/C12H16N2O2/c1-8-5-9(2)14(7-8)11-6-13-4-3-10(11)12(15)16/h3-4,6,8-9H,5,7H2,1-2H3,(H,15,16). The highest BCUT2D eigenvalue weighted by molar-refractivity contribution is 5.94. The van der Waals surface area contributed by atoms with E-state index >= 15 is 0 Å². The van der Waals surface area contributed by atoms with Crippen LogP contribution >= 0.6 is 0 Å². The van der Waals surface area contributed by atoms with Gasteiger partial charge in [0.1, 0.15) is 0 Å². The van der Waals surface area contributed by atoms with Crippen molar-refractivity contribution in [3.63, 3.8) is 0 Å². The maximum Gasteiger partial charge on any atom is 0.337 e. The van der Waals surface area contributed by atoms with E-state index in [0.29, 0.717) is 17.5 Å². The maximum atomic E-state index is 11.1. The average Bonchev–Trinajstić information content (AvgIpc) is 2.57. The average molecular weight is 220 g/mol. The number of aromatic carboxylic acids is 1. The lowest BCUT2D eigenvalue weighted by Crippen LogP contribution is -2.28. The summed E-state index contributed by atoms with van der Waals surface area (Å²) in [5.74, 6) is -0.277. The number of pyridine rings is 1.